The molecule has 0 radical (unpaired) electrons. The Balaban J connectivity index is 1.55. The Morgan fingerprint density at radius 3 is 1.70 bits per heavy atom. The van der Waals surface area contributed by atoms with Crippen LogP contribution in [-0.2, 0) is 0 Å². The van der Waals surface area contributed by atoms with E-state index < -0.39 is 60.4 Å². The molecule has 0 nitrogen and oxygen atoms in total. The highest BCUT2D eigenvalue weighted by atomic mass is 14.2. The zero-order chi connectivity index (χ0) is 36.0. The lowest BCUT2D eigenvalue weighted by Crippen LogP contribution is -1.91. The molecule has 0 aliphatic heterocycles. The molecule has 0 fully saturated rings. The predicted octanol–water partition coefficient (Wildman–Crippen LogP) is 11.3. The molecule has 0 aromatic heterocycles. The van der Waals surface area contributed by atoms with Crippen LogP contribution >= 0.6 is 0 Å². The van der Waals surface area contributed by atoms with Crippen LogP contribution in [0.2, 0.25) is 0 Å². The molecule has 186 valence electrons. The molecule has 0 N–H and O–H groups in total. The standard InChI is InChI=1S/C40H26/c1-2-13-29-25-32(24-23-27(29)11-1)40-37-20-7-5-18-35(37)39(36-19-6-8-21-38(36)40)31-16-9-15-30(26-31)34-22-10-14-28-12-3-4-17-33(28)34/h1-26H/i3D,4D,9D,10D,12D,14D,15D,16D,17D,22D,26D. The highest BCUT2D eigenvalue weighted by Gasteiger charge is 2.17. The quantitative estimate of drug-likeness (QED) is 0.204. The molecule has 0 unspecified atom stereocenters. The molecule has 0 aliphatic carbocycles. The van der Waals surface area contributed by atoms with Gasteiger partial charge in [-0.3, -0.25) is 0 Å². The van der Waals surface area contributed by atoms with Crippen LogP contribution in [0.1, 0.15) is 15.1 Å². The largest absolute Gasteiger partial charge is 0.0636 e. The van der Waals surface area contributed by atoms with E-state index in [-0.39, 0.29) is 33.5 Å². The van der Waals surface area contributed by atoms with Crippen molar-refractivity contribution in [2.24, 2.45) is 0 Å². The molecule has 0 heterocycles. The van der Waals surface area contributed by atoms with E-state index in [0.29, 0.717) is 16.3 Å². The predicted molar refractivity (Wildman–Crippen MR) is 173 cm³/mol. The first-order valence-corrected chi connectivity index (χ1v) is 13.0. The van der Waals surface area contributed by atoms with Crippen LogP contribution in [0.15, 0.2) is 157 Å². The molecule has 0 bridgehead atoms. The lowest BCUT2D eigenvalue weighted by atomic mass is 9.85. The van der Waals surface area contributed by atoms with E-state index in [1.165, 1.54) is 0 Å². The minimum absolute atomic E-state index is 0.0123. The van der Waals surface area contributed by atoms with Crippen LogP contribution in [0.3, 0.4) is 0 Å². The van der Waals surface area contributed by atoms with E-state index in [9.17, 15) is 2.74 Å². The number of hydrogen-bond donors (Lipinski definition) is 0. The number of hydrogen-bond acceptors (Lipinski definition) is 0. The molecule has 0 saturated heterocycles. The Morgan fingerprint density at radius 2 is 0.950 bits per heavy atom. The normalized spacial score (nSPS) is 15.3. The second-order valence-corrected chi connectivity index (χ2v) is 9.65. The maximum atomic E-state index is 9.67. The van der Waals surface area contributed by atoms with Gasteiger partial charge >= 0.3 is 0 Å². The summed E-state index contributed by atoms with van der Waals surface area (Å²) in [6.45, 7) is 0. The first kappa shape index (κ1) is 14.3. The number of rotatable bonds is 3. The van der Waals surface area contributed by atoms with E-state index >= 15 is 0 Å². The molecule has 8 aromatic carbocycles. The second-order valence-electron chi connectivity index (χ2n) is 9.65. The van der Waals surface area contributed by atoms with Crippen LogP contribution in [0.25, 0.3) is 76.5 Å². The summed E-state index contributed by atoms with van der Waals surface area (Å²) in [5.74, 6) is 0. The van der Waals surface area contributed by atoms with Crippen molar-refractivity contribution < 1.29 is 15.1 Å². The van der Waals surface area contributed by atoms with Crippen molar-refractivity contribution in [2.45, 2.75) is 0 Å². The van der Waals surface area contributed by atoms with Crippen LogP contribution in [0.5, 0.6) is 0 Å². The van der Waals surface area contributed by atoms with Crippen molar-refractivity contribution in [1.29, 1.82) is 0 Å². The van der Waals surface area contributed by atoms with Gasteiger partial charge < -0.3 is 0 Å². The highest BCUT2D eigenvalue weighted by Crippen LogP contribution is 2.44. The SMILES string of the molecule is [2H]c1c([2H])c(-c2c3ccccc3c(-c3ccc4ccccc4c3)c3ccccc23)c([2H])c(-c2c([2H])c([2H])c([2H])c3c([2H])c([2H])c([2H])c([2H])c23)c1[2H]. The van der Waals surface area contributed by atoms with Gasteiger partial charge in [0, 0.05) is 0 Å². The third-order valence-corrected chi connectivity index (χ3v) is 7.41. The van der Waals surface area contributed by atoms with E-state index in [4.69, 9.17) is 12.3 Å². The lowest BCUT2D eigenvalue weighted by Gasteiger charge is -2.18. The monoisotopic (exact) mass is 517 g/mol. The van der Waals surface area contributed by atoms with Crippen molar-refractivity contribution in [1.82, 2.24) is 0 Å². The Kier molecular flexibility index (Phi) is 3.29. The Bertz CT molecular complexity index is 2760. The Hall–Kier alpha value is -5.20. The molecular formula is C40H26. The minimum Gasteiger partial charge on any atom is -0.0616 e. The summed E-state index contributed by atoms with van der Waals surface area (Å²) in [5.41, 5.74) is 1.76. The van der Waals surface area contributed by atoms with Gasteiger partial charge in [0.1, 0.15) is 0 Å². The fourth-order valence-corrected chi connectivity index (χ4v) is 5.65. The number of benzene rings is 8. The molecule has 0 atom stereocenters. The maximum absolute atomic E-state index is 9.67. The molecule has 8 aromatic rings. The van der Waals surface area contributed by atoms with Crippen LogP contribution < -0.4 is 0 Å². The maximum Gasteiger partial charge on any atom is 0.0636 e. The summed E-state index contributed by atoms with van der Waals surface area (Å²) in [6.07, 6.45) is 0. The van der Waals surface area contributed by atoms with Gasteiger partial charge in [-0.05, 0) is 88.6 Å². The average Bonchev–Trinajstić information content (AvgIpc) is 3.14. The van der Waals surface area contributed by atoms with Crippen LogP contribution in [0, 0.1) is 0 Å². The van der Waals surface area contributed by atoms with Gasteiger partial charge in [-0.2, -0.15) is 0 Å². The number of fused-ring (bicyclic) bond motifs is 4. The van der Waals surface area contributed by atoms with Crippen molar-refractivity contribution in [3.63, 3.8) is 0 Å². The van der Waals surface area contributed by atoms with Crippen molar-refractivity contribution in [3.8, 4) is 33.4 Å². The van der Waals surface area contributed by atoms with Crippen molar-refractivity contribution in [2.75, 3.05) is 0 Å². The van der Waals surface area contributed by atoms with Gasteiger partial charge in [-0.1, -0.05) is 145 Å². The fourth-order valence-electron chi connectivity index (χ4n) is 5.65. The van der Waals surface area contributed by atoms with Gasteiger partial charge in [0.2, 0.25) is 0 Å². The average molecular weight is 518 g/mol. The second kappa shape index (κ2) is 9.22. The molecular weight excluding hydrogens is 480 g/mol. The van der Waals surface area contributed by atoms with E-state index in [0.717, 1.165) is 32.7 Å². The highest BCUT2D eigenvalue weighted by molar-refractivity contribution is 6.22. The molecule has 40 heavy (non-hydrogen) atoms. The molecule has 0 amide bonds. The fraction of sp³-hybridized carbons (Fsp3) is 0. The van der Waals surface area contributed by atoms with Crippen molar-refractivity contribution >= 4 is 43.1 Å². The van der Waals surface area contributed by atoms with E-state index in [1.54, 1.807) is 0 Å². The molecule has 0 saturated carbocycles. The van der Waals surface area contributed by atoms with Gasteiger partial charge in [0.15, 0.2) is 0 Å². The van der Waals surface area contributed by atoms with E-state index in [2.05, 4.69) is 24.3 Å². The summed E-state index contributed by atoms with van der Waals surface area (Å²) >= 11 is 0. The molecule has 8 rings (SSSR count). The molecule has 0 aliphatic rings. The Morgan fingerprint density at radius 1 is 0.375 bits per heavy atom. The summed E-state index contributed by atoms with van der Waals surface area (Å²) in [4.78, 5) is 0. The zero-order valence-electron chi connectivity index (χ0n) is 32.2. The molecule has 0 spiro atoms. The summed E-state index contributed by atoms with van der Waals surface area (Å²) in [7, 11) is 0. The third-order valence-electron chi connectivity index (χ3n) is 7.41. The molecule has 0 heteroatoms. The lowest BCUT2D eigenvalue weighted by molar-refractivity contribution is 1.63. The van der Waals surface area contributed by atoms with Crippen molar-refractivity contribution in [3.05, 3.63) is 157 Å². The summed E-state index contributed by atoms with van der Waals surface area (Å²) in [5, 5.41) is 4.60. The van der Waals surface area contributed by atoms with Gasteiger partial charge in [0.25, 0.3) is 0 Å². The first-order valence-electron chi connectivity index (χ1n) is 18.5. The van der Waals surface area contributed by atoms with E-state index in [1.807, 2.05) is 66.7 Å². The van der Waals surface area contributed by atoms with Crippen LogP contribution in [0.4, 0.5) is 0 Å². The van der Waals surface area contributed by atoms with Gasteiger partial charge in [-0.25, -0.2) is 0 Å². The third kappa shape index (κ3) is 3.61. The van der Waals surface area contributed by atoms with Gasteiger partial charge in [0.05, 0.1) is 15.1 Å². The van der Waals surface area contributed by atoms with Gasteiger partial charge in [-0.15, -0.1) is 0 Å². The minimum atomic E-state index is -0.639. The first-order chi connectivity index (χ1) is 24.4. The summed E-state index contributed by atoms with van der Waals surface area (Å²) < 4.78 is 96.9. The smallest absolute Gasteiger partial charge is 0.0616 e. The van der Waals surface area contributed by atoms with Crippen LogP contribution in [-0.4, -0.2) is 0 Å². The summed E-state index contributed by atoms with van der Waals surface area (Å²) in [6, 6.07) is 23.4. The Labute approximate surface area is 249 Å². The zero-order valence-corrected chi connectivity index (χ0v) is 21.2. The topological polar surface area (TPSA) is 0 Å².